The lowest BCUT2D eigenvalue weighted by Gasteiger charge is -2.33. The molecular formula is C31H38FN3O5S. The lowest BCUT2D eigenvalue weighted by Crippen LogP contribution is -2.52. The van der Waals surface area contributed by atoms with Gasteiger partial charge >= 0.3 is 0 Å². The topological polar surface area (TPSA) is 96.0 Å². The van der Waals surface area contributed by atoms with Gasteiger partial charge in [-0.3, -0.25) is 13.9 Å². The molecule has 3 aromatic carbocycles. The fourth-order valence-electron chi connectivity index (χ4n) is 4.30. The molecule has 0 saturated heterocycles. The lowest BCUT2D eigenvalue weighted by atomic mass is 10.1. The highest BCUT2D eigenvalue weighted by atomic mass is 32.2. The highest BCUT2D eigenvalue weighted by Crippen LogP contribution is 2.33. The highest BCUT2D eigenvalue weighted by Gasteiger charge is 2.34. The Kier molecular flexibility index (Phi) is 11.3. The molecule has 41 heavy (non-hydrogen) atoms. The SMILES string of the molecule is CCOc1ccccc1N(CC(=O)N(Cc1ccc(F)cc1)[C@@H](CC)C(=O)NCC(C)C)S(=O)(=O)c1ccccc1. The second-order valence-electron chi connectivity index (χ2n) is 9.94. The van der Waals surface area contributed by atoms with E-state index in [0.717, 1.165) is 4.31 Å². The molecule has 0 unspecified atom stereocenters. The maximum absolute atomic E-state index is 14.1. The first-order valence-corrected chi connectivity index (χ1v) is 15.1. The molecule has 3 rings (SSSR count). The van der Waals surface area contributed by atoms with Gasteiger partial charge in [0.25, 0.3) is 10.0 Å². The molecule has 3 aromatic rings. The van der Waals surface area contributed by atoms with Gasteiger partial charge < -0.3 is 15.0 Å². The second kappa shape index (κ2) is 14.6. The van der Waals surface area contributed by atoms with E-state index in [1.54, 1.807) is 56.3 Å². The Morgan fingerprint density at radius 1 is 0.927 bits per heavy atom. The number of para-hydroxylation sites is 2. The number of carbonyl (C=O) groups is 2. The summed E-state index contributed by atoms with van der Waals surface area (Å²) in [6, 6.07) is 19.2. The summed E-state index contributed by atoms with van der Waals surface area (Å²) >= 11 is 0. The third-order valence-corrected chi connectivity index (χ3v) is 8.15. The summed E-state index contributed by atoms with van der Waals surface area (Å²) < 4.78 is 48.3. The Hall–Kier alpha value is -3.92. The van der Waals surface area contributed by atoms with E-state index >= 15 is 0 Å². The Bertz CT molecular complexity index is 1400. The van der Waals surface area contributed by atoms with Gasteiger partial charge in [-0.15, -0.1) is 0 Å². The van der Waals surface area contributed by atoms with Crippen molar-refractivity contribution in [3.63, 3.8) is 0 Å². The molecule has 0 radical (unpaired) electrons. The summed E-state index contributed by atoms with van der Waals surface area (Å²) in [5.41, 5.74) is 0.799. The fraction of sp³-hybridized carbons (Fsp3) is 0.355. The molecule has 0 aliphatic carbocycles. The van der Waals surface area contributed by atoms with Crippen LogP contribution in [-0.4, -0.2) is 50.9 Å². The maximum Gasteiger partial charge on any atom is 0.264 e. The average Bonchev–Trinajstić information content (AvgIpc) is 2.96. The summed E-state index contributed by atoms with van der Waals surface area (Å²) in [5, 5.41) is 2.89. The van der Waals surface area contributed by atoms with Crippen molar-refractivity contribution in [3.8, 4) is 5.75 Å². The van der Waals surface area contributed by atoms with E-state index in [-0.39, 0.29) is 42.0 Å². The maximum atomic E-state index is 14.1. The second-order valence-corrected chi connectivity index (χ2v) is 11.8. The number of halogens is 1. The van der Waals surface area contributed by atoms with Gasteiger partial charge in [-0.05, 0) is 61.2 Å². The molecular weight excluding hydrogens is 545 g/mol. The fourth-order valence-corrected chi connectivity index (χ4v) is 5.75. The van der Waals surface area contributed by atoms with Crippen LogP contribution in [0.1, 0.15) is 39.7 Å². The summed E-state index contributed by atoms with van der Waals surface area (Å²) in [4.78, 5) is 28.7. The quantitative estimate of drug-likeness (QED) is 0.288. The smallest absolute Gasteiger partial charge is 0.264 e. The first-order valence-electron chi connectivity index (χ1n) is 13.7. The van der Waals surface area contributed by atoms with Gasteiger partial charge in [0, 0.05) is 13.1 Å². The van der Waals surface area contributed by atoms with Crippen molar-refractivity contribution in [2.45, 2.75) is 51.6 Å². The predicted molar refractivity (Wildman–Crippen MR) is 157 cm³/mol. The minimum atomic E-state index is -4.22. The van der Waals surface area contributed by atoms with E-state index in [0.29, 0.717) is 17.9 Å². The largest absolute Gasteiger partial charge is 0.492 e. The van der Waals surface area contributed by atoms with Crippen molar-refractivity contribution in [2.75, 3.05) is 24.0 Å². The zero-order valence-electron chi connectivity index (χ0n) is 23.9. The molecule has 8 nitrogen and oxygen atoms in total. The van der Waals surface area contributed by atoms with Crippen molar-refractivity contribution >= 4 is 27.5 Å². The summed E-state index contributed by atoms with van der Waals surface area (Å²) in [6.07, 6.45) is 0.290. The number of benzene rings is 3. The molecule has 0 aliphatic rings. The predicted octanol–water partition coefficient (Wildman–Crippen LogP) is 5.00. The van der Waals surface area contributed by atoms with E-state index in [4.69, 9.17) is 4.74 Å². The first kappa shape index (κ1) is 31.6. The van der Waals surface area contributed by atoms with Crippen LogP contribution in [0.4, 0.5) is 10.1 Å². The van der Waals surface area contributed by atoms with Gasteiger partial charge in [0.05, 0.1) is 17.2 Å². The van der Waals surface area contributed by atoms with Crippen LogP contribution in [-0.2, 0) is 26.2 Å². The summed E-state index contributed by atoms with van der Waals surface area (Å²) in [7, 11) is -4.22. The standard InChI is InChI=1S/C31H38FN3O5S/c1-5-27(31(37)33-20-23(3)4)34(21-24-16-18-25(32)19-17-24)30(36)22-35(28-14-10-11-15-29(28)40-6-2)41(38,39)26-12-8-7-9-13-26/h7-19,23,27H,5-6,20-22H2,1-4H3,(H,33,37)/t27-/m0/s1. The van der Waals surface area contributed by atoms with Gasteiger partial charge in [0.2, 0.25) is 11.8 Å². The van der Waals surface area contributed by atoms with E-state index < -0.39 is 34.3 Å². The molecule has 0 aliphatic heterocycles. The van der Waals surface area contributed by atoms with Crippen LogP contribution in [0.25, 0.3) is 0 Å². The number of anilines is 1. The molecule has 0 fully saturated rings. The average molecular weight is 584 g/mol. The number of ether oxygens (including phenoxy) is 1. The number of amides is 2. The molecule has 0 spiro atoms. The molecule has 10 heteroatoms. The van der Waals surface area contributed by atoms with E-state index in [1.165, 1.54) is 41.3 Å². The number of hydrogen-bond acceptors (Lipinski definition) is 5. The Balaban J connectivity index is 2.08. The van der Waals surface area contributed by atoms with Crippen LogP contribution >= 0.6 is 0 Å². The number of carbonyl (C=O) groups excluding carboxylic acids is 2. The Morgan fingerprint density at radius 3 is 2.17 bits per heavy atom. The van der Waals surface area contributed by atoms with Crippen molar-refractivity contribution in [3.05, 3.63) is 90.2 Å². The minimum Gasteiger partial charge on any atom is -0.492 e. The van der Waals surface area contributed by atoms with Gasteiger partial charge in [0.1, 0.15) is 24.2 Å². The summed E-state index contributed by atoms with van der Waals surface area (Å²) in [6.45, 7) is 7.60. The number of rotatable bonds is 14. The molecule has 1 N–H and O–H groups in total. The van der Waals surface area contributed by atoms with Gasteiger partial charge in [-0.25, -0.2) is 12.8 Å². The Morgan fingerprint density at radius 2 is 1.56 bits per heavy atom. The van der Waals surface area contributed by atoms with Crippen molar-refractivity contribution in [1.82, 2.24) is 10.2 Å². The molecule has 0 heterocycles. The monoisotopic (exact) mass is 583 g/mol. The third kappa shape index (κ3) is 8.29. The van der Waals surface area contributed by atoms with Crippen LogP contribution in [0, 0.1) is 11.7 Å². The number of nitrogens with one attached hydrogen (secondary N) is 1. The van der Waals surface area contributed by atoms with Gasteiger partial charge in [-0.2, -0.15) is 0 Å². The van der Waals surface area contributed by atoms with E-state index in [1.807, 2.05) is 13.8 Å². The van der Waals surface area contributed by atoms with Gasteiger partial charge in [-0.1, -0.05) is 63.2 Å². The highest BCUT2D eigenvalue weighted by molar-refractivity contribution is 7.92. The van der Waals surface area contributed by atoms with E-state index in [9.17, 15) is 22.4 Å². The van der Waals surface area contributed by atoms with Crippen molar-refractivity contribution < 1.29 is 27.1 Å². The third-order valence-electron chi connectivity index (χ3n) is 6.38. The van der Waals surface area contributed by atoms with Crippen LogP contribution in [0.3, 0.4) is 0 Å². The number of hydrogen-bond donors (Lipinski definition) is 1. The van der Waals surface area contributed by atoms with Crippen molar-refractivity contribution in [2.24, 2.45) is 5.92 Å². The molecule has 0 aromatic heterocycles. The molecule has 1 atom stereocenters. The van der Waals surface area contributed by atoms with Crippen LogP contribution in [0.15, 0.2) is 83.8 Å². The summed E-state index contributed by atoms with van der Waals surface area (Å²) in [5.74, 6) is -0.870. The molecule has 0 bridgehead atoms. The van der Waals surface area contributed by atoms with E-state index in [2.05, 4.69) is 5.32 Å². The van der Waals surface area contributed by atoms with Crippen LogP contribution in [0.2, 0.25) is 0 Å². The molecule has 2 amide bonds. The minimum absolute atomic E-state index is 0.00547. The zero-order chi connectivity index (χ0) is 30.0. The zero-order valence-corrected chi connectivity index (χ0v) is 24.7. The van der Waals surface area contributed by atoms with Gasteiger partial charge in [0.15, 0.2) is 0 Å². The lowest BCUT2D eigenvalue weighted by molar-refractivity contribution is -0.140. The molecule has 220 valence electrons. The molecule has 0 saturated carbocycles. The van der Waals surface area contributed by atoms with Crippen LogP contribution in [0.5, 0.6) is 5.75 Å². The van der Waals surface area contributed by atoms with Crippen molar-refractivity contribution in [1.29, 1.82) is 0 Å². The number of sulfonamides is 1. The Labute approximate surface area is 242 Å². The first-order chi connectivity index (χ1) is 19.6. The number of nitrogens with zero attached hydrogens (tertiary/aromatic N) is 2. The normalized spacial score (nSPS) is 12.0. The van der Waals surface area contributed by atoms with Crippen LogP contribution < -0.4 is 14.4 Å².